The van der Waals surface area contributed by atoms with Crippen LogP contribution in [0.15, 0.2) is 0 Å². The predicted octanol–water partition coefficient (Wildman–Crippen LogP) is 0.546. The average molecular weight is 116 g/mol. The van der Waals surface area contributed by atoms with Gasteiger partial charge < -0.3 is 9.84 Å². The molecule has 1 heterocycles. The molecule has 0 amide bonds. The molecular formula is C6H12O2. The zero-order valence-corrected chi connectivity index (χ0v) is 5.35. The fourth-order valence-corrected chi connectivity index (χ4v) is 1.000. The highest BCUT2D eigenvalue weighted by atomic mass is 16.6. The van der Waals surface area contributed by atoms with Gasteiger partial charge in [-0.3, -0.25) is 0 Å². The Hall–Kier alpha value is -0.0800. The Bertz CT molecular complexity index is 86.5. The molecule has 0 spiro atoms. The number of ether oxygens (including phenoxy) is 1. The van der Waals surface area contributed by atoms with Crippen molar-refractivity contribution in [3.63, 3.8) is 0 Å². The second kappa shape index (κ2) is 1.71. The van der Waals surface area contributed by atoms with Gasteiger partial charge >= 0.3 is 0 Å². The fraction of sp³-hybridized carbons (Fsp3) is 1.00. The van der Waals surface area contributed by atoms with Gasteiger partial charge in [0.2, 0.25) is 0 Å². The van der Waals surface area contributed by atoms with Crippen LogP contribution in [0.3, 0.4) is 0 Å². The first-order valence-electron chi connectivity index (χ1n) is 3.01. The van der Waals surface area contributed by atoms with E-state index in [1.54, 1.807) is 0 Å². The molecule has 48 valence electrons. The van der Waals surface area contributed by atoms with Crippen molar-refractivity contribution in [3.8, 4) is 0 Å². The van der Waals surface area contributed by atoms with E-state index >= 15 is 0 Å². The molecule has 2 heteroatoms. The Morgan fingerprint density at radius 1 is 1.88 bits per heavy atom. The molecule has 0 bridgehead atoms. The van der Waals surface area contributed by atoms with Gasteiger partial charge in [-0.05, 0) is 13.3 Å². The number of hydrogen-bond acceptors (Lipinski definition) is 2. The maximum atomic E-state index is 9.25. The maximum absolute atomic E-state index is 9.25. The molecule has 1 fully saturated rings. The van der Waals surface area contributed by atoms with Gasteiger partial charge in [0, 0.05) is 0 Å². The minimum atomic E-state index is -0.533. The van der Waals surface area contributed by atoms with Gasteiger partial charge in [0.25, 0.3) is 0 Å². The van der Waals surface area contributed by atoms with Crippen LogP contribution in [-0.2, 0) is 4.74 Å². The first-order chi connectivity index (χ1) is 3.67. The molecule has 0 aliphatic carbocycles. The van der Waals surface area contributed by atoms with Crippen LogP contribution in [0.4, 0.5) is 0 Å². The molecule has 0 aromatic heterocycles. The lowest BCUT2D eigenvalue weighted by Gasteiger charge is -2.41. The van der Waals surface area contributed by atoms with Gasteiger partial charge in [0.05, 0.1) is 12.7 Å². The number of aliphatic hydroxyl groups is 1. The Morgan fingerprint density at radius 2 is 2.50 bits per heavy atom. The van der Waals surface area contributed by atoms with Crippen LogP contribution in [0.1, 0.15) is 20.3 Å². The molecule has 2 atom stereocenters. The average Bonchev–Trinajstić information content (AvgIpc) is 1.66. The highest BCUT2D eigenvalue weighted by molar-refractivity contribution is 4.89. The van der Waals surface area contributed by atoms with E-state index in [9.17, 15) is 5.11 Å². The number of rotatable bonds is 1. The van der Waals surface area contributed by atoms with Crippen molar-refractivity contribution >= 4 is 0 Å². The lowest BCUT2D eigenvalue weighted by molar-refractivity contribution is -0.227. The third-order valence-corrected chi connectivity index (χ3v) is 1.64. The van der Waals surface area contributed by atoms with Gasteiger partial charge in [-0.2, -0.15) is 0 Å². The molecule has 0 aromatic rings. The summed E-state index contributed by atoms with van der Waals surface area (Å²) in [6, 6.07) is 0. The summed E-state index contributed by atoms with van der Waals surface area (Å²) in [5.41, 5.74) is -0.533. The van der Waals surface area contributed by atoms with E-state index in [0.717, 1.165) is 6.42 Å². The summed E-state index contributed by atoms with van der Waals surface area (Å²) in [5, 5.41) is 9.25. The van der Waals surface area contributed by atoms with Crippen molar-refractivity contribution in [3.05, 3.63) is 0 Å². The highest BCUT2D eigenvalue weighted by Crippen LogP contribution is 2.26. The van der Waals surface area contributed by atoms with Gasteiger partial charge in [-0.15, -0.1) is 0 Å². The van der Waals surface area contributed by atoms with Gasteiger partial charge in [-0.1, -0.05) is 6.92 Å². The summed E-state index contributed by atoms with van der Waals surface area (Å²) in [6.07, 6.45) is 0.995. The van der Waals surface area contributed by atoms with Crippen molar-refractivity contribution in [2.24, 2.45) is 0 Å². The lowest BCUT2D eigenvalue weighted by Crippen LogP contribution is -2.55. The summed E-state index contributed by atoms with van der Waals surface area (Å²) in [4.78, 5) is 0. The SMILES string of the molecule is CCC1OCC1(C)O. The van der Waals surface area contributed by atoms with E-state index < -0.39 is 5.60 Å². The van der Waals surface area contributed by atoms with Crippen molar-refractivity contribution in [1.82, 2.24) is 0 Å². The summed E-state index contributed by atoms with van der Waals surface area (Å²) < 4.78 is 5.05. The molecule has 8 heavy (non-hydrogen) atoms. The first kappa shape index (κ1) is 6.05. The molecular weight excluding hydrogens is 104 g/mol. The van der Waals surface area contributed by atoms with Crippen LogP contribution in [0.25, 0.3) is 0 Å². The minimum Gasteiger partial charge on any atom is -0.385 e. The highest BCUT2D eigenvalue weighted by Gasteiger charge is 2.40. The third-order valence-electron chi connectivity index (χ3n) is 1.64. The van der Waals surface area contributed by atoms with E-state index in [2.05, 4.69) is 0 Å². The topological polar surface area (TPSA) is 29.5 Å². The quantitative estimate of drug-likeness (QED) is 0.542. The Balaban J connectivity index is 2.37. The Morgan fingerprint density at radius 3 is 2.50 bits per heavy atom. The molecule has 0 aromatic carbocycles. The summed E-state index contributed by atoms with van der Waals surface area (Å²) in [6.45, 7) is 4.33. The molecule has 2 unspecified atom stereocenters. The van der Waals surface area contributed by atoms with Crippen molar-refractivity contribution in [2.75, 3.05) is 6.61 Å². The van der Waals surface area contributed by atoms with E-state index in [4.69, 9.17) is 4.74 Å². The smallest absolute Gasteiger partial charge is 0.111 e. The zero-order chi connectivity index (χ0) is 6.20. The van der Waals surface area contributed by atoms with Gasteiger partial charge in [-0.25, -0.2) is 0 Å². The van der Waals surface area contributed by atoms with Crippen LogP contribution in [0, 0.1) is 0 Å². The van der Waals surface area contributed by atoms with Crippen LogP contribution in [-0.4, -0.2) is 23.4 Å². The third kappa shape index (κ3) is 0.740. The summed E-state index contributed by atoms with van der Waals surface area (Å²) in [7, 11) is 0. The normalized spacial score (nSPS) is 46.1. The molecule has 1 N–H and O–H groups in total. The molecule has 1 rings (SSSR count). The molecule has 2 nitrogen and oxygen atoms in total. The fourth-order valence-electron chi connectivity index (χ4n) is 1.000. The standard InChI is InChI=1S/C6H12O2/c1-3-5-6(2,7)4-8-5/h5,7H,3-4H2,1-2H3. The van der Waals surface area contributed by atoms with Crippen molar-refractivity contribution < 1.29 is 9.84 Å². The van der Waals surface area contributed by atoms with Crippen LogP contribution in [0.2, 0.25) is 0 Å². The van der Waals surface area contributed by atoms with Crippen LogP contribution in [0.5, 0.6) is 0 Å². The van der Waals surface area contributed by atoms with E-state index in [-0.39, 0.29) is 6.10 Å². The summed E-state index contributed by atoms with van der Waals surface area (Å²) >= 11 is 0. The summed E-state index contributed by atoms with van der Waals surface area (Å²) in [5.74, 6) is 0. The molecule has 1 saturated heterocycles. The van der Waals surface area contributed by atoms with Crippen LogP contribution < -0.4 is 0 Å². The van der Waals surface area contributed by atoms with Gasteiger partial charge in [0.15, 0.2) is 0 Å². The van der Waals surface area contributed by atoms with Crippen LogP contribution >= 0.6 is 0 Å². The second-order valence-corrected chi connectivity index (χ2v) is 2.57. The molecule has 0 radical (unpaired) electrons. The van der Waals surface area contributed by atoms with E-state index in [1.807, 2.05) is 13.8 Å². The second-order valence-electron chi connectivity index (χ2n) is 2.57. The first-order valence-corrected chi connectivity index (χ1v) is 3.01. The lowest BCUT2D eigenvalue weighted by atomic mass is 9.93. The monoisotopic (exact) mass is 116 g/mol. The zero-order valence-electron chi connectivity index (χ0n) is 5.35. The van der Waals surface area contributed by atoms with E-state index in [0.29, 0.717) is 6.61 Å². The maximum Gasteiger partial charge on any atom is 0.111 e. The predicted molar refractivity (Wildman–Crippen MR) is 30.7 cm³/mol. The molecule has 0 saturated carbocycles. The Labute approximate surface area is 49.5 Å². The van der Waals surface area contributed by atoms with Crippen molar-refractivity contribution in [2.45, 2.75) is 32.0 Å². The van der Waals surface area contributed by atoms with Crippen molar-refractivity contribution in [1.29, 1.82) is 0 Å². The minimum absolute atomic E-state index is 0.0856. The molecule has 1 aliphatic heterocycles. The number of hydrogen-bond donors (Lipinski definition) is 1. The van der Waals surface area contributed by atoms with E-state index in [1.165, 1.54) is 0 Å². The largest absolute Gasteiger partial charge is 0.385 e. The molecule has 1 aliphatic rings. The Kier molecular flexibility index (Phi) is 1.29. The van der Waals surface area contributed by atoms with Gasteiger partial charge in [0.1, 0.15) is 5.60 Å².